The van der Waals surface area contributed by atoms with Gasteiger partial charge in [-0.3, -0.25) is 0 Å². The van der Waals surface area contributed by atoms with E-state index in [2.05, 4.69) is 19.0 Å². The summed E-state index contributed by atoms with van der Waals surface area (Å²) in [5.41, 5.74) is 0. The van der Waals surface area contributed by atoms with Crippen LogP contribution in [0.2, 0.25) is 0 Å². The van der Waals surface area contributed by atoms with Crippen LogP contribution in [0.1, 0.15) is 27.2 Å². The van der Waals surface area contributed by atoms with E-state index in [1.165, 1.54) is 0 Å². The van der Waals surface area contributed by atoms with Gasteiger partial charge in [-0.15, -0.1) is 0 Å². The second-order valence-electron chi connectivity index (χ2n) is 2.06. The molecule has 0 rings (SSSR count). The molecular formula is C7H15NO. The van der Waals surface area contributed by atoms with Gasteiger partial charge in [0.2, 0.25) is 0 Å². The third-order valence-electron chi connectivity index (χ3n) is 1.16. The van der Waals surface area contributed by atoms with Crippen LogP contribution in [0, 0.1) is 5.92 Å². The monoisotopic (exact) mass is 129 g/mol. The Balaban J connectivity index is 3.20. The summed E-state index contributed by atoms with van der Waals surface area (Å²) in [6, 6.07) is 0. The van der Waals surface area contributed by atoms with Crippen molar-refractivity contribution in [2.45, 2.75) is 27.2 Å². The largest absolute Gasteiger partial charge is 0.396 e. The zero-order valence-electron chi connectivity index (χ0n) is 6.42. The summed E-state index contributed by atoms with van der Waals surface area (Å²) in [6.07, 6.45) is 2.96. The molecule has 0 amide bonds. The Morgan fingerprint density at radius 1 is 1.56 bits per heavy atom. The number of oxime groups is 1. The highest BCUT2D eigenvalue weighted by Crippen LogP contribution is 1.94. The first-order valence-corrected chi connectivity index (χ1v) is 3.46. The van der Waals surface area contributed by atoms with Crippen LogP contribution >= 0.6 is 0 Å². The van der Waals surface area contributed by atoms with Gasteiger partial charge in [0.25, 0.3) is 0 Å². The van der Waals surface area contributed by atoms with Gasteiger partial charge in [-0.2, -0.15) is 0 Å². The molecule has 0 saturated heterocycles. The van der Waals surface area contributed by atoms with Gasteiger partial charge in [-0.1, -0.05) is 19.0 Å². The number of hydrogen-bond acceptors (Lipinski definition) is 2. The van der Waals surface area contributed by atoms with Crippen molar-refractivity contribution in [2.75, 3.05) is 6.61 Å². The van der Waals surface area contributed by atoms with Gasteiger partial charge in [0.15, 0.2) is 0 Å². The molecule has 54 valence electrons. The number of rotatable bonds is 4. The maximum absolute atomic E-state index is 4.78. The molecule has 0 fully saturated rings. The van der Waals surface area contributed by atoms with E-state index < -0.39 is 0 Å². The van der Waals surface area contributed by atoms with E-state index >= 15 is 0 Å². The summed E-state index contributed by atoms with van der Waals surface area (Å²) >= 11 is 0. The van der Waals surface area contributed by atoms with E-state index in [9.17, 15) is 0 Å². The predicted octanol–water partition coefficient (Wildman–Crippen LogP) is 2.05. The van der Waals surface area contributed by atoms with Crippen LogP contribution in [0.3, 0.4) is 0 Å². The molecule has 0 radical (unpaired) electrons. The SMILES string of the molecule is CCO/N=C/C(C)CC. The summed E-state index contributed by atoms with van der Waals surface area (Å²) in [4.78, 5) is 4.78. The summed E-state index contributed by atoms with van der Waals surface area (Å²) in [6.45, 7) is 6.83. The Morgan fingerprint density at radius 3 is 2.67 bits per heavy atom. The van der Waals surface area contributed by atoms with Crippen molar-refractivity contribution in [3.8, 4) is 0 Å². The quantitative estimate of drug-likeness (QED) is 0.420. The zero-order chi connectivity index (χ0) is 7.11. The second-order valence-corrected chi connectivity index (χ2v) is 2.06. The van der Waals surface area contributed by atoms with Gasteiger partial charge in [-0.25, -0.2) is 0 Å². The summed E-state index contributed by atoms with van der Waals surface area (Å²) in [5.74, 6) is 0.538. The van der Waals surface area contributed by atoms with Gasteiger partial charge in [-0.05, 0) is 19.3 Å². The molecule has 0 aliphatic rings. The maximum Gasteiger partial charge on any atom is 0.114 e. The van der Waals surface area contributed by atoms with Gasteiger partial charge < -0.3 is 4.84 Å². The smallest absolute Gasteiger partial charge is 0.114 e. The predicted molar refractivity (Wildman–Crippen MR) is 39.6 cm³/mol. The zero-order valence-corrected chi connectivity index (χ0v) is 6.42. The topological polar surface area (TPSA) is 21.6 Å². The minimum atomic E-state index is 0.538. The highest BCUT2D eigenvalue weighted by Gasteiger charge is 1.89. The Hall–Kier alpha value is -0.530. The molecule has 0 saturated carbocycles. The first-order valence-electron chi connectivity index (χ1n) is 3.46. The van der Waals surface area contributed by atoms with Crippen LogP contribution in [0.4, 0.5) is 0 Å². The average molecular weight is 129 g/mol. The number of hydrogen-bond donors (Lipinski definition) is 0. The highest BCUT2D eigenvalue weighted by molar-refractivity contribution is 5.59. The normalized spacial score (nSPS) is 14.1. The van der Waals surface area contributed by atoms with Crippen molar-refractivity contribution < 1.29 is 4.84 Å². The van der Waals surface area contributed by atoms with E-state index in [-0.39, 0.29) is 0 Å². The molecule has 0 N–H and O–H groups in total. The van der Waals surface area contributed by atoms with Gasteiger partial charge in [0, 0.05) is 6.21 Å². The van der Waals surface area contributed by atoms with E-state index in [0.717, 1.165) is 6.42 Å². The van der Waals surface area contributed by atoms with E-state index in [4.69, 9.17) is 4.84 Å². The van der Waals surface area contributed by atoms with Crippen molar-refractivity contribution in [3.63, 3.8) is 0 Å². The third kappa shape index (κ3) is 5.34. The van der Waals surface area contributed by atoms with Crippen molar-refractivity contribution in [1.82, 2.24) is 0 Å². The van der Waals surface area contributed by atoms with Crippen molar-refractivity contribution in [1.29, 1.82) is 0 Å². The lowest BCUT2D eigenvalue weighted by molar-refractivity contribution is 0.159. The molecule has 0 heterocycles. The third-order valence-corrected chi connectivity index (χ3v) is 1.16. The molecule has 9 heavy (non-hydrogen) atoms. The van der Waals surface area contributed by atoms with Crippen LogP contribution in [0.5, 0.6) is 0 Å². The van der Waals surface area contributed by atoms with Crippen LogP contribution < -0.4 is 0 Å². The molecule has 0 spiro atoms. The average Bonchev–Trinajstić information content (AvgIpc) is 1.89. The molecule has 0 aliphatic carbocycles. The molecule has 0 aromatic heterocycles. The Kier molecular flexibility index (Phi) is 5.27. The van der Waals surface area contributed by atoms with E-state index in [1.54, 1.807) is 0 Å². The Morgan fingerprint density at radius 2 is 2.22 bits per heavy atom. The Labute approximate surface area is 56.9 Å². The molecule has 2 heteroatoms. The summed E-state index contributed by atoms with van der Waals surface area (Å²) < 4.78 is 0. The lowest BCUT2D eigenvalue weighted by Gasteiger charge is -1.97. The minimum Gasteiger partial charge on any atom is -0.396 e. The maximum atomic E-state index is 4.78. The fourth-order valence-electron chi connectivity index (χ4n) is 0.327. The Bertz CT molecular complexity index is 81.0. The van der Waals surface area contributed by atoms with E-state index in [1.807, 2.05) is 13.1 Å². The summed E-state index contributed by atoms with van der Waals surface area (Å²) in [5, 5.41) is 3.74. The van der Waals surface area contributed by atoms with Crippen molar-refractivity contribution >= 4 is 6.21 Å². The van der Waals surface area contributed by atoms with Crippen LogP contribution in [0.15, 0.2) is 5.16 Å². The fraction of sp³-hybridized carbons (Fsp3) is 0.857. The van der Waals surface area contributed by atoms with Crippen molar-refractivity contribution in [2.24, 2.45) is 11.1 Å². The second kappa shape index (κ2) is 5.60. The molecule has 1 atom stereocenters. The van der Waals surface area contributed by atoms with E-state index in [0.29, 0.717) is 12.5 Å². The van der Waals surface area contributed by atoms with Gasteiger partial charge >= 0.3 is 0 Å². The first kappa shape index (κ1) is 8.47. The summed E-state index contributed by atoms with van der Waals surface area (Å²) in [7, 11) is 0. The number of nitrogens with zero attached hydrogens (tertiary/aromatic N) is 1. The van der Waals surface area contributed by atoms with Crippen LogP contribution in [-0.2, 0) is 4.84 Å². The molecule has 0 aromatic carbocycles. The molecule has 2 nitrogen and oxygen atoms in total. The first-order chi connectivity index (χ1) is 4.31. The molecule has 0 bridgehead atoms. The molecular weight excluding hydrogens is 114 g/mol. The lowest BCUT2D eigenvalue weighted by Crippen LogP contribution is -1.93. The fourth-order valence-corrected chi connectivity index (χ4v) is 0.327. The molecule has 0 aromatic rings. The van der Waals surface area contributed by atoms with Gasteiger partial charge in [0.05, 0.1) is 0 Å². The lowest BCUT2D eigenvalue weighted by atomic mass is 10.1. The highest BCUT2D eigenvalue weighted by atomic mass is 16.6. The van der Waals surface area contributed by atoms with Crippen LogP contribution in [-0.4, -0.2) is 12.8 Å². The van der Waals surface area contributed by atoms with Crippen molar-refractivity contribution in [3.05, 3.63) is 0 Å². The minimum absolute atomic E-state index is 0.538. The van der Waals surface area contributed by atoms with Gasteiger partial charge in [0.1, 0.15) is 6.61 Å². The van der Waals surface area contributed by atoms with Crippen LogP contribution in [0.25, 0.3) is 0 Å². The standard InChI is InChI=1S/C7H15NO/c1-4-7(3)6-8-9-5-2/h6-7H,4-5H2,1-3H3/b8-6+. The molecule has 0 aliphatic heterocycles. The molecule has 1 unspecified atom stereocenters.